The average molecular weight is 248 g/mol. The van der Waals surface area contributed by atoms with Crippen molar-refractivity contribution in [3.8, 4) is 0 Å². The summed E-state index contributed by atoms with van der Waals surface area (Å²) in [7, 11) is 0. The van der Waals surface area contributed by atoms with Crippen LogP contribution in [0.2, 0.25) is 0 Å². The summed E-state index contributed by atoms with van der Waals surface area (Å²) in [6.07, 6.45) is 0. The summed E-state index contributed by atoms with van der Waals surface area (Å²) in [5, 5.41) is 2.83. The van der Waals surface area contributed by atoms with Crippen molar-refractivity contribution >= 4 is 17.4 Å². The number of amides is 2. The number of carbonyl (C=O) groups excluding carboxylic acids is 1. The minimum absolute atomic E-state index is 0.0322. The fourth-order valence-electron chi connectivity index (χ4n) is 2.15. The van der Waals surface area contributed by atoms with E-state index in [1.807, 2.05) is 30.0 Å². The molecule has 1 heterocycles. The first-order chi connectivity index (χ1) is 8.70. The first kappa shape index (κ1) is 12.5. The molecule has 5 nitrogen and oxygen atoms in total. The maximum atomic E-state index is 11.7. The topological polar surface area (TPSA) is 61.6 Å². The number of hydrogen-bond acceptors (Lipinski definition) is 3. The van der Waals surface area contributed by atoms with Gasteiger partial charge in [-0.05, 0) is 25.1 Å². The second kappa shape index (κ2) is 5.62. The molecule has 1 aromatic rings. The molecule has 0 saturated carbocycles. The Morgan fingerprint density at radius 2 is 2.06 bits per heavy atom. The fourth-order valence-corrected chi connectivity index (χ4v) is 2.15. The maximum absolute atomic E-state index is 11.7. The van der Waals surface area contributed by atoms with Gasteiger partial charge in [-0.15, -0.1) is 0 Å². The van der Waals surface area contributed by atoms with E-state index in [1.165, 1.54) is 0 Å². The van der Waals surface area contributed by atoms with Gasteiger partial charge in [0.25, 0.3) is 0 Å². The van der Waals surface area contributed by atoms with Gasteiger partial charge in [0.15, 0.2) is 0 Å². The van der Waals surface area contributed by atoms with Crippen LogP contribution in [-0.4, -0.2) is 43.7 Å². The first-order valence-electron chi connectivity index (χ1n) is 6.34. The average Bonchev–Trinajstić information content (AvgIpc) is 2.39. The number of nitrogen functional groups attached to an aromatic ring is 1. The van der Waals surface area contributed by atoms with Gasteiger partial charge in [-0.1, -0.05) is 6.07 Å². The Morgan fingerprint density at radius 1 is 1.33 bits per heavy atom. The van der Waals surface area contributed by atoms with Crippen molar-refractivity contribution in [3.05, 3.63) is 24.3 Å². The van der Waals surface area contributed by atoms with Crippen molar-refractivity contribution in [3.63, 3.8) is 0 Å². The highest BCUT2D eigenvalue weighted by molar-refractivity contribution is 5.74. The Bertz CT molecular complexity index is 413. The number of rotatable bonds is 2. The minimum Gasteiger partial charge on any atom is -0.399 e. The molecular weight excluding hydrogens is 228 g/mol. The van der Waals surface area contributed by atoms with E-state index in [4.69, 9.17) is 5.73 Å². The van der Waals surface area contributed by atoms with Crippen LogP contribution in [0.15, 0.2) is 24.3 Å². The summed E-state index contributed by atoms with van der Waals surface area (Å²) in [4.78, 5) is 15.8. The fraction of sp³-hybridized carbons (Fsp3) is 0.462. The van der Waals surface area contributed by atoms with Crippen molar-refractivity contribution in [2.75, 3.05) is 43.4 Å². The summed E-state index contributed by atoms with van der Waals surface area (Å²) in [5.41, 5.74) is 7.69. The molecule has 0 unspecified atom stereocenters. The van der Waals surface area contributed by atoms with Crippen LogP contribution in [-0.2, 0) is 0 Å². The largest absolute Gasteiger partial charge is 0.399 e. The van der Waals surface area contributed by atoms with Crippen molar-refractivity contribution in [2.45, 2.75) is 6.92 Å². The molecular formula is C13H20N4O. The zero-order chi connectivity index (χ0) is 13.0. The van der Waals surface area contributed by atoms with Gasteiger partial charge in [0.1, 0.15) is 0 Å². The van der Waals surface area contributed by atoms with Crippen LogP contribution in [0, 0.1) is 0 Å². The highest BCUT2D eigenvalue weighted by Gasteiger charge is 2.20. The van der Waals surface area contributed by atoms with Crippen LogP contribution >= 0.6 is 0 Å². The van der Waals surface area contributed by atoms with Gasteiger partial charge in [0, 0.05) is 44.1 Å². The first-order valence-corrected chi connectivity index (χ1v) is 6.34. The van der Waals surface area contributed by atoms with E-state index < -0.39 is 0 Å². The van der Waals surface area contributed by atoms with Crippen molar-refractivity contribution in [1.82, 2.24) is 10.2 Å². The van der Waals surface area contributed by atoms with E-state index in [1.54, 1.807) is 0 Å². The van der Waals surface area contributed by atoms with E-state index >= 15 is 0 Å². The molecule has 1 aliphatic heterocycles. The number of nitrogens with two attached hydrogens (primary N) is 1. The normalized spacial score (nSPS) is 15.6. The smallest absolute Gasteiger partial charge is 0.317 e. The van der Waals surface area contributed by atoms with Crippen LogP contribution in [0.25, 0.3) is 0 Å². The third-order valence-electron chi connectivity index (χ3n) is 3.13. The number of anilines is 2. The number of piperazine rings is 1. The molecule has 18 heavy (non-hydrogen) atoms. The second-order valence-electron chi connectivity index (χ2n) is 4.40. The van der Waals surface area contributed by atoms with Gasteiger partial charge in [-0.3, -0.25) is 0 Å². The number of benzene rings is 1. The summed E-state index contributed by atoms with van der Waals surface area (Å²) in [6.45, 7) is 5.80. The molecule has 98 valence electrons. The zero-order valence-corrected chi connectivity index (χ0v) is 10.7. The quantitative estimate of drug-likeness (QED) is 0.771. The highest BCUT2D eigenvalue weighted by atomic mass is 16.2. The molecule has 1 saturated heterocycles. The van der Waals surface area contributed by atoms with E-state index in [-0.39, 0.29) is 6.03 Å². The Kier molecular flexibility index (Phi) is 3.92. The van der Waals surface area contributed by atoms with Gasteiger partial charge >= 0.3 is 6.03 Å². The monoisotopic (exact) mass is 248 g/mol. The predicted octanol–water partition coefficient (Wildman–Crippen LogP) is 1.12. The predicted molar refractivity (Wildman–Crippen MR) is 73.7 cm³/mol. The van der Waals surface area contributed by atoms with Crippen LogP contribution < -0.4 is 16.0 Å². The molecule has 5 heteroatoms. The summed E-state index contributed by atoms with van der Waals surface area (Å²) < 4.78 is 0. The molecule has 0 bridgehead atoms. The summed E-state index contributed by atoms with van der Waals surface area (Å²) in [6, 6.07) is 7.90. The molecule has 1 fully saturated rings. The lowest BCUT2D eigenvalue weighted by atomic mass is 10.2. The van der Waals surface area contributed by atoms with Crippen LogP contribution in [0.1, 0.15) is 6.92 Å². The molecule has 3 N–H and O–H groups in total. The van der Waals surface area contributed by atoms with Gasteiger partial charge in [0.2, 0.25) is 0 Å². The van der Waals surface area contributed by atoms with Crippen LogP contribution in [0.3, 0.4) is 0 Å². The van der Waals surface area contributed by atoms with Gasteiger partial charge < -0.3 is 20.9 Å². The van der Waals surface area contributed by atoms with Crippen LogP contribution in [0.5, 0.6) is 0 Å². The Morgan fingerprint density at radius 3 is 2.67 bits per heavy atom. The van der Waals surface area contributed by atoms with E-state index in [0.29, 0.717) is 6.54 Å². The number of nitrogens with one attached hydrogen (secondary N) is 1. The molecule has 0 radical (unpaired) electrons. The second-order valence-corrected chi connectivity index (χ2v) is 4.40. The lowest BCUT2D eigenvalue weighted by molar-refractivity contribution is 0.195. The molecule has 2 amide bonds. The summed E-state index contributed by atoms with van der Waals surface area (Å²) in [5.74, 6) is 0. The number of hydrogen-bond donors (Lipinski definition) is 2. The summed E-state index contributed by atoms with van der Waals surface area (Å²) >= 11 is 0. The van der Waals surface area contributed by atoms with Crippen molar-refractivity contribution in [2.24, 2.45) is 0 Å². The standard InChI is InChI=1S/C13H20N4O/c1-2-15-13(18)17-8-6-16(7-9-17)12-5-3-4-11(14)10-12/h3-5,10H,2,6-9,14H2,1H3,(H,15,18). The maximum Gasteiger partial charge on any atom is 0.317 e. The van der Waals surface area contributed by atoms with Crippen molar-refractivity contribution in [1.29, 1.82) is 0 Å². The van der Waals surface area contributed by atoms with Gasteiger partial charge in [0.05, 0.1) is 0 Å². The molecule has 0 aliphatic carbocycles. The lowest BCUT2D eigenvalue weighted by Crippen LogP contribution is -2.51. The zero-order valence-electron chi connectivity index (χ0n) is 10.7. The molecule has 0 spiro atoms. The number of carbonyl (C=O) groups is 1. The number of nitrogens with zero attached hydrogens (tertiary/aromatic N) is 2. The van der Waals surface area contributed by atoms with Gasteiger partial charge in [-0.25, -0.2) is 4.79 Å². The Balaban J connectivity index is 1.92. The molecule has 1 aromatic carbocycles. The Labute approximate surface area is 108 Å². The molecule has 1 aliphatic rings. The molecule has 0 aromatic heterocycles. The van der Waals surface area contributed by atoms with E-state index in [9.17, 15) is 4.79 Å². The van der Waals surface area contributed by atoms with Gasteiger partial charge in [-0.2, -0.15) is 0 Å². The highest BCUT2D eigenvalue weighted by Crippen LogP contribution is 2.18. The SMILES string of the molecule is CCNC(=O)N1CCN(c2cccc(N)c2)CC1. The lowest BCUT2D eigenvalue weighted by Gasteiger charge is -2.36. The van der Waals surface area contributed by atoms with Crippen molar-refractivity contribution < 1.29 is 4.79 Å². The van der Waals surface area contributed by atoms with Crippen LogP contribution in [0.4, 0.5) is 16.2 Å². The third kappa shape index (κ3) is 2.85. The minimum atomic E-state index is 0.0322. The van der Waals surface area contributed by atoms with E-state index in [0.717, 1.165) is 37.6 Å². The molecule has 0 atom stereocenters. The third-order valence-corrected chi connectivity index (χ3v) is 3.13. The Hall–Kier alpha value is -1.91. The number of urea groups is 1. The molecule has 2 rings (SSSR count). The van der Waals surface area contributed by atoms with E-state index in [2.05, 4.69) is 16.3 Å².